The molecule has 86 valence electrons. The Morgan fingerprint density at radius 3 is 2.82 bits per heavy atom. The second-order valence-electron chi connectivity index (χ2n) is 4.22. The van der Waals surface area contributed by atoms with Gasteiger partial charge in [-0.2, -0.15) is 0 Å². The van der Waals surface area contributed by atoms with E-state index in [4.69, 9.17) is 0 Å². The van der Waals surface area contributed by atoms with Crippen LogP contribution in [0, 0.1) is 5.82 Å². The molecule has 0 radical (unpaired) electrons. The first-order valence-electron chi connectivity index (χ1n) is 5.53. The van der Waals surface area contributed by atoms with E-state index in [1.165, 1.54) is 11.6 Å². The van der Waals surface area contributed by atoms with Crippen LogP contribution in [0.3, 0.4) is 0 Å². The van der Waals surface area contributed by atoms with Gasteiger partial charge in [0.25, 0.3) is 0 Å². The third-order valence-electron chi connectivity index (χ3n) is 3.10. The highest BCUT2D eigenvalue weighted by molar-refractivity contribution is 9.10. The van der Waals surface area contributed by atoms with E-state index in [1.54, 1.807) is 6.07 Å². The van der Waals surface area contributed by atoms with Crippen LogP contribution in [0.4, 0.5) is 10.1 Å². The molecule has 0 aliphatic carbocycles. The van der Waals surface area contributed by atoms with Crippen LogP contribution in [0.5, 0.6) is 0 Å². The van der Waals surface area contributed by atoms with Crippen molar-refractivity contribution in [1.29, 1.82) is 0 Å². The van der Waals surface area contributed by atoms with Gasteiger partial charge in [0.2, 0.25) is 0 Å². The average Bonchev–Trinajstić information content (AvgIpc) is 2.72. The fourth-order valence-electron chi connectivity index (χ4n) is 2.28. The Kier molecular flexibility index (Phi) is 2.63. The highest BCUT2D eigenvalue weighted by atomic mass is 79.9. The quantitative estimate of drug-likeness (QED) is 0.826. The van der Waals surface area contributed by atoms with Crippen LogP contribution < -0.4 is 5.32 Å². The zero-order chi connectivity index (χ0) is 11.8. The summed E-state index contributed by atoms with van der Waals surface area (Å²) in [6.45, 7) is 0. The van der Waals surface area contributed by atoms with E-state index in [0.717, 1.165) is 22.1 Å². The maximum atomic E-state index is 13.7. The van der Waals surface area contributed by atoms with Gasteiger partial charge in [0.05, 0.1) is 6.04 Å². The van der Waals surface area contributed by atoms with Gasteiger partial charge in [-0.15, -0.1) is 0 Å². The SMILES string of the molecule is Fc1ccccc1C1Cc2cc(Br)ccc2N1. The summed E-state index contributed by atoms with van der Waals surface area (Å²) in [5, 5.41) is 3.36. The maximum Gasteiger partial charge on any atom is 0.128 e. The van der Waals surface area contributed by atoms with Crippen molar-refractivity contribution in [2.24, 2.45) is 0 Å². The predicted molar refractivity (Wildman–Crippen MR) is 70.6 cm³/mol. The largest absolute Gasteiger partial charge is 0.378 e. The first-order chi connectivity index (χ1) is 8.24. The Morgan fingerprint density at radius 2 is 2.00 bits per heavy atom. The second-order valence-corrected chi connectivity index (χ2v) is 5.14. The molecule has 1 unspecified atom stereocenters. The van der Waals surface area contributed by atoms with Gasteiger partial charge in [-0.05, 0) is 36.2 Å². The summed E-state index contributed by atoms with van der Waals surface area (Å²) >= 11 is 3.45. The topological polar surface area (TPSA) is 12.0 Å². The number of hydrogen-bond acceptors (Lipinski definition) is 1. The van der Waals surface area contributed by atoms with Gasteiger partial charge < -0.3 is 5.32 Å². The molecule has 2 aromatic rings. The van der Waals surface area contributed by atoms with Gasteiger partial charge in [0, 0.05) is 15.7 Å². The van der Waals surface area contributed by atoms with Crippen LogP contribution in [0.15, 0.2) is 46.9 Å². The van der Waals surface area contributed by atoms with Crippen molar-refractivity contribution in [3.05, 3.63) is 63.9 Å². The first-order valence-corrected chi connectivity index (χ1v) is 6.33. The number of halogens is 2. The van der Waals surface area contributed by atoms with Crippen LogP contribution in [0.25, 0.3) is 0 Å². The predicted octanol–water partition coefficient (Wildman–Crippen LogP) is 4.30. The molecule has 1 aliphatic rings. The van der Waals surface area contributed by atoms with Crippen molar-refractivity contribution < 1.29 is 4.39 Å². The van der Waals surface area contributed by atoms with E-state index in [0.29, 0.717) is 0 Å². The number of fused-ring (bicyclic) bond motifs is 1. The van der Waals surface area contributed by atoms with E-state index in [1.807, 2.05) is 24.3 Å². The van der Waals surface area contributed by atoms with E-state index < -0.39 is 0 Å². The lowest BCUT2D eigenvalue weighted by atomic mass is 10.0. The molecular weight excluding hydrogens is 281 g/mol. The van der Waals surface area contributed by atoms with E-state index >= 15 is 0 Å². The molecule has 0 spiro atoms. The lowest BCUT2D eigenvalue weighted by molar-refractivity contribution is 0.595. The van der Waals surface area contributed by atoms with Crippen molar-refractivity contribution in [3.63, 3.8) is 0 Å². The molecule has 0 saturated heterocycles. The molecule has 2 aromatic carbocycles. The fraction of sp³-hybridized carbons (Fsp3) is 0.143. The minimum absolute atomic E-state index is 0.0421. The van der Waals surface area contributed by atoms with Crippen molar-refractivity contribution in [2.45, 2.75) is 12.5 Å². The molecule has 0 bridgehead atoms. The van der Waals surface area contributed by atoms with Gasteiger partial charge in [-0.25, -0.2) is 4.39 Å². The fourth-order valence-corrected chi connectivity index (χ4v) is 2.68. The Balaban J connectivity index is 1.94. The normalized spacial score (nSPS) is 17.6. The molecule has 0 saturated carbocycles. The number of benzene rings is 2. The van der Waals surface area contributed by atoms with Crippen molar-refractivity contribution in [1.82, 2.24) is 0 Å². The summed E-state index contributed by atoms with van der Waals surface area (Å²) in [7, 11) is 0. The minimum Gasteiger partial charge on any atom is -0.378 e. The molecule has 1 heterocycles. The van der Waals surface area contributed by atoms with Crippen LogP contribution in [-0.2, 0) is 6.42 Å². The van der Waals surface area contributed by atoms with Gasteiger partial charge in [0.1, 0.15) is 5.82 Å². The summed E-state index contributed by atoms with van der Waals surface area (Å²) < 4.78 is 14.8. The minimum atomic E-state index is -0.142. The van der Waals surface area contributed by atoms with Crippen LogP contribution in [0.2, 0.25) is 0 Å². The van der Waals surface area contributed by atoms with Crippen LogP contribution in [-0.4, -0.2) is 0 Å². The number of anilines is 1. The molecule has 0 amide bonds. The molecule has 1 N–H and O–H groups in total. The number of hydrogen-bond donors (Lipinski definition) is 1. The Hall–Kier alpha value is -1.35. The zero-order valence-corrected chi connectivity index (χ0v) is 10.7. The van der Waals surface area contributed by atoms with Crippen LogP contribution in [0.1, 0.15) is 17.2 Å². The van der Waals surface area contributed by atoms with Crippen LogP contribution >= 0.6 is 15.9 Å². The summed E-state index contributed by atoms with van der Waals surface area (Å²) in [5.74, 6) is -0.142. The van der Waals surface area contributed by atoms with E-state index in [-0.39, 0.29) is 11.9 Å². The number of rotatable bonds is 1. The third kappa shape index (κ3) is 1.95. The third-order valence-corrected chi connectivity index (χ3v) is 3.59. The molecule has 3 rings (SSSR count). The van der Waals surface area contributed by atoms with Gasteiger partial charge >= 0.3 is 0 Å². The molecule has 0 aromatic heterocycles. The van der Waals surface area contributed by atoms with Gasteiger partial charge in [0.15, 0.2) is 0 Å². The molecule has 1 nitrogen and oxygen atoms in total. The highest BCUT2D eigenvalue weighted by Crippen LogP contribution is 2.36. The van der Waals surface area contributed by atoms with Gasteiger partial charge in [-0.3, -0.25) is 0 Å². The standard InChI is InChI=1S/C14H11BrFN/c15-10-5-6-13-9(7-10)8-14(17-13)11-3-1-2-4-12(11)16/h1-7,14,17H,8H2. The first kappa shape index (κ1) is 10.8. The smallest absolute Gasteiger partial charge is 0.128 e. The van der Waals surface area contributed by atoms with Crippen molar-refractivity contribution in [2.75, 3.05) is 5.32 Å². The van der Waals surface area contributed by atoms with Gasteiger partial charge in [-0.1, -0.05) is 34.1 Å². The summed E-state index contributed by atoms with van der Waals surface area (Å²) in [6.07, 6.45) is 0.829. The Labute approximate surface area is 108 Å². The average molecular weight is 292 g/mol. The maximum absolute atomic E-state index is 13.7. The Morgan fingerprint density at radius 1 is 1.18 bits per heavy atom. The molecule has 1 aliphatic heterocycles. The lowest BCUT2D eigenvalue weighted by Gasteiger charge is -2.12. The highest BCUT2D eigenvalue weighted by Gasteiger charge is 2.23. The summed E-state index contributed by atoms with van der Waals surface area (Å²) in [6, 6.07) is 13.1. The zero-order valence-electron chi connectivity index (χ0n) is 9.08. The summed E-state index contributed by atoms with van der Waals surface area (Å²) in [5.41, 5.74) is 3.06. The molecule has 0 fully saturated rings. The van der Waals surface area contributed by atoms with E-state index in [2.05, 4.69) is 27.3 Å². The number of nitrogens with one attached hydrogen (secondary N) is 1. The van der Waals surface area contributed by atoms with Crippen molar-refractivity contribution in [3.8, 4) is 0 Å². The Bertz CT molecular complexity index is 568. The second kappa shape index (κ2) is 4.15. The molecule has 3 heteroatoms. The molecular formula is C14H11BrFN. The molecule has 17 heavy (non-hydrogen) atoms. The van der Waals surface area contributed by atoms with Crippen molar-refractivity contribution >= 4 is 21.6 Å². The summed E-state index contributed by atoms with van der Waals surface area (Å²) in [4.78, 5) is 0. The lowest BCUT2D eigenvalue weighted by Crippen LogP contribution is -2.07. The molecule has 1 atom stereocenters. The van der Waals surface area contributed by atoms with E-state index in [9.17, 15) is 4.39 Å². The monoisotopic (exact) mass is 291 g/mol.